The van der Waals surface area contributed by atoms with Gasteiger partial charge >= 0.3 is 0 Å². The van der Waals surface area contributed by atoms with Gasteiger partial charge in [-0.15, -0.1) is 0 Å². The number of nitrogens with zero attached hydrogens (tertiary/aromatic N) is 3. The van der Waals surface area contributed by atoms with Crippen molar-refractivity contribution in [3.8, 4) is 0 Å². The first-order chi connectivity index (χ1) is 13.0. The van der Waals surface area contributed by atoms with Gasteiger partial charge in [-0.3, -0.25) is 18.8 Å². The highest BCUT2D eigenvalue weighted by Gasteiger charge is 2.23. The second-order valence-electron chi connectivity index (χ2n) is 6.51. The zero-order valence-electron chi connectivity index (χ0n) is 14.8. The van der Waals surface area contributed by atoms with Crippen molar-refractivity contribution in [3.63, 3.8) is 0 Å². The Hall–Kier alpha value is -3.48. The third-order valence-corrected chi connectivity index (χ3v) is 4.68. The van der Waals surface area contributed by atoms with E-state index in [4.69, 9.17) is 0 Å². The number of hydrogen-bond acceptors (Lipinski definition) is 4. The summed E-state index contributed by atoms with van der Waals surface area (Å²) in [6, 6.07) is 10.5. The Kier molecular flexibility index (Phi) is 4.19. The predicted octanol–water partition coefficient (Wildman–Crippen LogP) is 2.38. The second-order valence-corrected chi connectivity index (χ2v) is 6.51. The molecule has 7 nitrogen and oxygen atoms in total. The zero-order chi connectivity index (χ0) is 19.0. The molecule has 1 saturated heterocycles. The molecule has 27 heavy (non-hydrogen) atoms. The lowest BCUT2D eigenvalue weighted by atomic mass is 10.1. The first-order valence-electron chi connectivity index (χ1n) is 8.73. The van der Waals surface area contributed by atoms with E-state index in [0.29, 0.717) is 24.3 Å². The molecule has 3 heterocycles. The standard InChI is InChI=1S/C20H18N4O3/c1-13-11-14(7-8-16(13)23-10-4-6-18(23)25)22-19(26)15-12-21-17-5-2-3-9-24(17)20(15)27/h2-3,5,7-9,11-12H,4,6,10H2,1H3,(H,22,26). The molecule has 1 N–H and O–H groups in total. The number of anilines is 2. The van der Waals surface area contributed by atoms with Crippen LogP contribution in [0.5, 0.6) is 0 Å². The van der Waals surface area contributed by atoms with Gasteiger partial charge in [-0.1, -0.05) is 6.07 Å². The van der Waals surface area contributed by atoms with E-state index in [9.17, 15) is 14.4 Å². The van der Waals surface area contributed by atoms with Gasteiger partial charge in [-0.05, 0) is 49.2 Å². The van der Waals surface area contributed by atoms with Gasteiger partial charge in [0.05, 0.1) is 0 Å². The van der Waals surface area contributed by atoms with Gasteiger partial charge in [0.1, 0.15) is 11.2 Å². The lowest BCUT2D eigenvalue weighted by molar-refractivity contribution is -0.117. The molecule has 0 bridgehead atoms. The number of hydrogen-bond donors (Lipinski definition) is 1. The number of fused-ring (bicyclic) bond motifs is 1. The van der Waals surface area contributed by atoms with E-state index in [0.717, 1.165) is 17.7 Å². The topological polar surface area (TPSA) is 83.8 Å². The van der Waals surface area contributed by atoms with Gasteiger partial charge in [0, 0.05) is 36.7 Å². The molecule has 1 aliphatic heterocycles. The van der Waals surface area contributed by atoms with E-state index in [1.165, 1.54) is 10.6 Å². The number of aromatic nitrogens is 2. The summed E-state index contributed by atoms with van der Waals surface area (Å²) in [5.74, 6) is -0.403. The fraction of sp³-hybridized carbons (Fsp3) is 0.200. The van der Waals surface area contributed by atoms with Crippen molar-refractivity contribution >= 4 is 28.8 Å². The quantitative estimate of drug-likeness (QED) is 0.775. The number of amides is 2. The number of carbonyl (C=O) groups excluding carboxylic acids is 2. The van der Waals surface area contributed by atoms with Crippen molar-refractivity contribution in [3.05, 3.63) is 70.3 Å². The van der Waals surface area contributed by atoms with Crippen molar-refractivity contribution in [2.45, 2.75) is 19.8 Å². The molecule has 1 fully saturated rings. The summed E-state index contributed by atoms with van der Waals surface area (Å²) in [5, 5.41) is 2.74. The molecular weight excluding hydrogens is 344 g/mol. The summed E-state index contributed by atoms with van der Waals surface area (Å²) in [4.78, 5) is 42.9. The fourth-order valence-corrected chi connectivity index (χ4v) is 3.32. The third-order valence-electron chi connectivity index (χ3n) is 4.68. The van der Waals surface area contributed by atoms with Gasteiger partial charge in [-0.2, -0.15) is 0 Å². The molecule has 2 aromatic heterocycles. The molecule has 4 rings (SSSR count). The Morgan fingerprint density at radius 2 is 2.04 bits per heavy atom. The van der Waals surface area contributed by atoms with Crippen LogP contribution in [0, 0.1) is 6.92 Å². The summed E-state index contributed by atoms with van der Waals surface area (Å²) < 4.78 is 1.34. The average molecular weight is 362 g/mol. The molecule has 2 amide bonds. The van der Waals surface area contributed by atoms with Crippen LogP contribution in [0.25, 0.3) is 5.65 Å². The number of rotatable bonds is 3. The van der Waals surface area contributed by atoms with E-state index in [1.54, 1.807) is 41.4 Å². The molecule has 7 heteroatoms. The summed E-state index contributed by atoms with van der Waals surface area (Å²) in [6.07, 6.45) is 4.29. The van der Waals surface area contributed by atoms with Gasteiger partial charge in [0.15, 0.2) is 0 Å². The largest absolute Gasteiger partial charge is 0.322 e. The first-order valence-corrected chi connectivity index (χ1v) is 8.73. The SMILES string of the molecule is Cc1cc(NC(=O)c2cnc3ccccn3c2=O)ccc1N1CCCC1=O. The molecule has 1 aromatic carbocycles. The Morgan fingerprint density at radius 1 is 1.19 bits per heavy atom. The number of benzene rings is 1. The molecule has 0 unspecified atom stereocenters. The van der Waals surface area contributed by atoms with Crippen LogP contribution in [0.4, 0.5) is 11.4 Å². The average Bonchev–Trinajstić information content (AvgIpc) is 3.08. The smallest absolute Gasteiger partial charge is 0.270 e. The minimum absolute atomic E-state index is 0.0323. The number of pyridine rings is 1. The molecule has 0 aliphatic carbocycles. The predicted molar refractivity (Wildman–Crippen MR) is 102 cm³/mol. The molecule has 1 aliphatic rings. The van der Waals surface area contributed by atoms with Crippen molar-refractivity contribution < 1.29 is 9.59 Å². The highest BCUT2D eigenvalue weighted by atomic mass is 16.2. The molecule has 136 valence electrons. The van der Waals surface area contributed by atoms with E-state index >= 15 is 0 Å². The van der Waals surface area contributed by atoms with Gasteiger partial charge in [-0.25, -0.2) is 4.98 Å². The summed E-state index contributed by atoms with van der Waals surface area (Å²) >= 11 is 0. The Balaban J connectivity index is 1.60. The van der Waals surface area contributed by atoms with Crippen LogP contribution in [-0.4, -0.2) is 27.7 Å². The van der Waals surface area contributed by atoms with E-state index < -0.39 is 11.5 Å². The number of carbonyl (C=O) groups is 2. The van der Waals surface area contributed by atoms with Crippen LogP contribution in [0.15, 0.2) is 53.6 Å². The highest BCUT2D eigenvalue weighted by Crippen LogP contribution is 2.27. The number of aryl methyl sites for hydroxylation is 1. The molecule has 0 atom stereocenters. The number of nitrogens with one attached hydrogen (secondary N) is 1. The molecular formula is C20H18N4O3. The van der Waals surface area contributed by atoms with Crippen LogP contribution in [0.1, 0.15) is 28.8 Å². The van der Waals surface area contributed by atoms with E-state index in [2.05, 4.69) is 10.3 Å². The third kappa shape index (κ3) is 3.08. The van der Waals surface area contributed by atoms with Gasteiger partial charge < -0.3 is 10.2 Å². The van der Waals surface area contributed by atoms with E-state index in [-0.39, 0.29) is 11.5 Å². The first kappa shape index (κ1) is 17.0. The molecule has 0 saturated carbocycles. The van der Waals surface area contributed by atoms with Crippen molar-refractivity contribution in [2.75, 3.05) is 16.8 Å². The zero-order valence-corrected chi connectivity index (χ0v) is 14.8. The summed E-state index contributed by atoms with van der Waals surface area (Å²) in [6.45, 7) is 2.61. The minimum atomic E-state index is -0.518. The second kappa shape index (κ2) is 6.68. The Labute approximate surface area is 155 Å². The maximum absolute atomic E-state index is 12.6. The summed E-state index contributed by atoms with van der Waals surface area (Å²) in [5.41, 5.74) is 2.32. The van der Waals surface area contributed by atoms with Crippen LogP contribution in [0.2, 0.25) is 0 Å². The van der Waals surface area contributed by atoms with Crippen molar-refractivity contribution in [1.29, 1.82) is 0 Å². The molecule has 0 radical (unpaired) electrons. The van der Waals surface area contributed by atoms with Crippen LogP contribution >= 0.6 is 0 Å². The lowest BCUT2D eigenvalue weighted by Gasteiger charge is -2.19. The van der Waals surface area contributed by atoms with Crippen molar-refractivity contribution in [1.82, 2.24) is 9.38 Å². The van der Waals surface area contributed by atoms with Gasteiger partial charge in [0.25, 0.3) is 11.5 Å². The maximum Gasteiger partial charge on any atom is 0.270 e. The van der Waals surface area contributed by atoms with E-state index in [1.807, 2.05) is 13.0 Å². The Morgan fingerprint density at radius 3 is 2.78 bits per heavy atom. The summed E-state index contributed by atoms with van der Waals surface area (Å²) in [7, 11) is 0. The molecule has 0 spiro atoms. The fourth-order valence-electron chi connectivity index (χ4n) is 3.32. The highest BCUT2D eigenvalue weighted by molar-refractivity contribution is 6.04. The molecule has 3 aromatic rings. The van der Waals surface area contributed by atoms with Crippen LogP contribution in [-0.2, 0) is 4.79 Å². The maximum atomic E-state index is 12.6. The monoisotopic (exact) mass is 362 g/mol. The van der Waals surface area contributed by atoms with Crippen LogP contribution in [0.3, 0.4) is 0 Å². The Bertz CT molecular complexity index is 1120. The normalized spacial score (nSPS) is 14.0. The van der Waals surface area contributed by atoms with Crippen molar-refractivity contribution in [2.24, 2.45) is 0 Å². The van der Waals surface area contributed by atoms with Crippen LogP contribution < -0.4 is 15.8 Å². The van der Waals surface area contributed by atoms with Gasteiger partial charge in [0.2, 0.25) is 5.91 Å². The minimum Gasteiger partial charge on any atom is -0.322 e. The lowest BCUT2D eigenvalue weighted by Crippen LogP contribution is -2.27.